The molecule has 10 nitrogen and oxygen atoms in total. The Labute approximate surface area is 234 Å². The zero-order valence-corrected chi connectivity index (χ0v) is 20.2. The van der Waals surface area contributed by atoms with Gasteiger partial charge < -0.3 is 45.9 Å². The molecule has 18 heavy (non-hydrogen) atoms. The normalized spacial score (nSPS) is 7.94. The standard InChI is InChI=1S/C2H4O2.4Ca.2H3O4P.8H/c1-2(3)4;;;;;2*1-5(2,3)4;;;;;;;;/h1H3,(H,3,4);;;;;2*(H3,1,2,3,4);;;;;;;;/q;4*+2;;;8*-1. The van der Waals surface area contributed by atoms with Crippen molar-refractivity contribution in [2.45, 2.75) is 6.92 Å². The first kappa shape index (κ1) is 43.4. The molecule has 0 aromatic rings. The summed E-state index contributed by atoms with van der Waals surface area (Å²) in [5.41, 5.74) is 0. The predicted octanol–water partition coefficient (Wildman–Crippen LogP) is -2.39. The second-order valence-corrected chi connectivity index (χ2v) is 3.60. The van der Waals surface area contributed by atoms with Gasteiger partial charge in [0.15, 0.2) is 0 Å². The Bertz CT molecular complexity index is 229. The maximum atomic E-state index is 9.00. The largest absolute Gasteiger partial charge is 2.00 e. The van der Waals surface area contributed by atoms with E-state index in [0.29, 0.717) is 0 Å². The first-order valence-electron chi connectivity index (χ1n) is 2.49. The summed E-state index contributed by atoms with van der Waals surface area (Å²) in [4.78, 5) is 52.1. The molecule has 0 saturated carbocycles. The maximum Gasteiger partial charge on any atom is 2.00 e. The van der Waals surface area contributed by atoms with Gasteiger partial charge in [-0.1, -0.05) is 0 Å². The van der Waals surface area contributed by atoms with Crippen LogP contribution in [0.3, 0.4) is 0 Å². The van der Waals surface area contributed by atoms with Gasteiger partial charge in [0.2, 0.25) is 0 Å². The number of carboxylic acid groups (broad SMARTS) is 1. The van der Waals surface area contributed by atoms with Gasteiger partial charge in [0.05, 0.1) is 0 Å². The molecule has 0 amide bonds. The van der Waals surface area contributed by atoms with Crippen LogP contribution in [0.15, 0.2) is 0 Å². The van der Waals surface area contributed by atoms with Crippen molar-refractivity contribution in [1.82, 2.24) is 0 Å². The number of carbonyl (C=O) groups is 1. The summed E-state index contributed by atoms with van der Waals surface area (Å²) in [6.45, 7) is 1.08. The number of rotatable bonds is 0. The zero-order chi connectivity index (χ0) is 12.6. The van der Waals surface area contributed by atoms with Gasteiger partial charge in [0.25, 0.3) is 5.97 Å². The third-order valence-electron chi connectivity index (χ3n) is 0. The first-order valence-corrected chi connectivity index (χ1v) is 5.62. The minimum atomic E-state index is -4.64. The van der Waals surface area contributed by atoms with E-state index in [-0.39, 0.29) is 162 Å². The SMILES string of the molecule is CC(=O)O.O=P(O)(O)O.O=P(O)(O)O.[Ca+2].[Ca+2].[Ca+2].[Ca+2].[H-].[H-].[H-].[H-].[H-].[H-].[H-].[H-]. The van der Waals surface area contributed by atoms with E-state index in [1.54, 1.807) is 0 Å². The van der Waals surface area contributed by atoms with Crippen molar-refractivity contribution in [2.75, 3.05) is 0 Å². The molecule has 104 valence electrons. The van der Waals surface area contributed by atoms with Gasteiger partial charge in [-0.05, 0) is 0 Å². The molecule has 0 heterocycles. The van der Waals surface area contributed by atoms with Crippen LogP contribution in [0.2, 0.25) is 0 Å². The van der Waals surface area contributed by atoms with Crippen molar-refractivity contribution < 1.29 is 59.8 Å². The van der Waals surface area contributed by atoms with Gasteiger partial charge in [0.1, 0.15) is 0 Å². The van der Waals surface area contributed by atoms with Crippen LogP contribution in [0.1, 0.15) is 18.3 Å². The van der Waals surface area contributed by atoms with Gasteiger partial charge >= 0.3 is 167 Å². The fourth-order valence-corrected chi connectivity index (χ4v) is 0. The summed E-state index contributed by atoms with van der Waals surface area (Å²) in [5.74, 6) is -0.833. The number of aliphatic carboxylic acids is 1. The summed E-state index contributed by atoms with van der Waals surface area (Å²) in [5, 5.41) is 7.42. The van der Waals surface area contributed by atoms with E-state index in [1.165, 1.54) is 0 Å². The van der Waals surface area contributed by atoms with Crippen LogP contribution < -0.4 is 0 Å². The van der Waals surface area contributed by atoms with Crippen LogP contribution in [-0.4, -0.2) is 191 Å². The van der Waals surface area contributed by atoms with Crippen LogP contribution >= 0.6 is 15.6 Å². The Balaban J connectivity index is -0.00000000438. The average molecular weight is 424 g/mol. The van der Waals surface area contributed by atoms with Crippen LogP contribution in [-0.2, 0) is 13.9 Å². The predicted molar refractivity (Wildman–Crippen MR) is 73.7 cm³/mol. The molecule has 0 fully saturated rings. The Hall–Kier alpha value is 4.73. The van der Waals surface area contributed by atoms with E-state index in [1.807, 2.05) is 0 Å². The summed E-state index contributed by atoms with van der Waals surface area (Å²) >= 11 is 0. The fraction of sp³-hybridized carbons (Fsp3) is 0.500. The summed E-state index contributed by atoms with van der Waals surface area (Å²) in [6, 6.07) is 0. The minimum absolute atomic E-state index is 0. The molecule has 0 saturated heterocycles. The van der Waals surface area contributed by atoms with E-state index in [4.69, 9.17) is 48.4 Å². The molecular formula is C2H18Ca4O10P2. The van der Waals surface area contributed by atoms with E-state index in [0.717, 1.165) is 6.92 Å². The number of hydrogen-bond donors (Lipinski definition) is 7. The second kappa shape index (κ2) is 24.0. The molecule has 0 aromatic heterocycles. The van der Waals surface area contributed by atoms with Crippen LogP contribution in [0.5, 0.6) is 0 Å². The smallest absolute Gasteiger partial charge is 1.00 e. The van der Waals surface area contributed by atoms with Crippen molar-refractivity contribution in [1.29, 1.82) is 0 Å². The van der Waals surface area contributed by atoms with E-state index in [2.05, 4.69) is 0 Å². The molecule has 0 aliphatic heterocycles. The van der Waals surface area contributed by atoms with Gasteiger partial charge in [-0.15, -0.1) is 0 Å². The molecule has 0 rings (SSSR count). The van der Waals surface area contributed by atoms with Crippen molar-refractivity contribution >= 4 is 173 Å². The molecule has 0 aromatic carbocycles. The molecule has 0 aliphatic carbocycles. The molecule has 0 spiro atoms. The van der Waals surface area contributed by atoms with Crippen LogP contribution in [0.4, 0.5) is 0 Å². The van der Waals surface area contributed by atoms with E-state index in [9.17, 15) is 0 Å². The summed E-state index contributed by atoms with van der Waals surface area (Å²) in [7, 11) is -9.28. The average Bonchev–Trinajstić information content (AvgIpc) is 1.45. The number of hydrogen-bond acceptors (Lipinski definition) is 3. The van der Waals surface area contributed by atoms with Crippen molar-refractivity contribution in [3.05, 3.63) is 0 Å². The molecule has 16 heteroatoms. The third kappa shape index (κ3) is 361. The molecule has 0 bridgehead atoms. The van der Waals surface area contributed by atoms with Gasteiger partial charge in [-0.3, -0.25) is 4.79 Å². The maximum absolute atomic E-state index is 9.00. The fourth-order valence-electron chi connectivity index (χ4n) is 0. The molecule has 7 N–H and O–H groups in total. The quantitative estimate of drug-likeness (QED) is 0.163. The van der Waals surface area contributed by atoms with E-state index < -0.39 is 21.6 Å². The van der Waals surface area contributed by atoms with Gasteiger partial charge in [0, 0.05) is 6.92 Å². The second-order valence-electron chi connectivity index (χ2n) is 1.55. The van der Waals surface area contributed by atoms with Crippen LogP contribution in [0, 0.1) is 0 Å². The zero-order valence-electron chi connectivity index (χ0n) is 17.6. The van der Waals surface area contributed by atoms with Gasteiger partial charge in [-0.2, -0.15) is 0 Å². The monoisotopic (exact) mass is 424 g/mol. The van der Waals surface area contributed by atoms with Gasteiger partial charge in [-0.25, -0.2) is 9.13 Å². The third-order valence-corrected chi connectivity index (χ3v) is 0. The summed E-state index contributed by atoms with van der Waals surface area (Å²) < 4.78 is 17.8. The number of phosphoric acid groups is 2. The number of carboxylic acids is 1. The van der Waals surface area contributed by atoms with Crippen molar-refractivity contribution in [3.63, 3.8) is 0 Å². The Morgan fingerprint density at radius 2 is 0.778 bits per heavy atom. The van der Waals surface area contributed by atoms with Crippen molar-refractivity contribution in [3.8, 4) is 0 Å². The Morgan fingerprint density at radius 1 is 0.778 bits per heavy atom. The molecule has 0 aliphatic rings. The van der Waals surface area contributed by atoms with E-state index >= 15 is 0 Å². The topological polar surface area (TPSA) is 193 Å². The Kier molecular flexibility index (Phi) is 57.8. The van der Waals surface area contributed by atoms with Crippen LogP contribution in [0.25, 0.3) is 0 Å². The first-order chi connectivity index (χ1) is 5.73. The Morgan fingerprint density at radius 3 is 0.778 bits per heavy atom. The minimum Gasteiger partial charge on any atom is -1.00 e. The molecule has 0 atom stereocenters. The molecular weight excluding hydrogens is 406 g/mol. The van der Waals surface area contributed by atoms with Crippen molar-refractivity contribution in [2.24, 2.45) is 0 Å². The molecule has 0 radical (unpaired) electrons. The molecule has 0 unspecified atom stereocenters. The summed E-state index contributed by atoms with van der Waals surface area (Å²) in [6.07, 6.45) is 0.